The second kappa shape index (κ2) is 10.9. The number of carbonyl (C=O) groups excluding carboxylic acids is 1. The van der Waals surface area contributed by atoms with E-state index in [2.05, 4.69) is 5.32 Å². The quantitative estimate of drug-likeness (QED) is 0.531. The Labute approximate surface area is 183 Å². The number of aliphatic hydroxyl groups is 1. The number of alkyl carbamates (subject to hydrolysis) is 1. The van der Waals surface area contributed by atoms with Crippen molar-refractivity contribution < 1.29 is 29.3 Å². The molecule has 2 aromatic rings. The maximum absolute atomic E-state index is 12.0. The van der Waals surface area contributed by atoms with E-state index in [9.17, 15) is 19.8 Å². The van der Waals surface area contributed by atoms with Crippen molar-refractivity contribution in [3.63, 3.8) is 0 Å². The van der Waals surface area contributed by atoms with Crippen molar-refractivity contribution in [2.75, 3.05) is 0 Å². The smallest absolute Gasteiger partial charge is 0.407 e. The maximum Gasteiger partial charge on any atom is 0.407 e. The van der Waals surface area contributed by atoms with E-state index < -0.39 is 23.8 Å². The van der Waals surface area contributed by atoms with Crippen LogP contribution in [-0.2, 0) is 39.4 Å². The van der Waals surface area contributed by atoms with Gasteiger partial charge in [-0.1, -0.05) is 48.5 Å². The first kappa shape index (κ1) is 24.4. The molecular weight excluding hydrogens is 398 g/mol. The molecule has 1 atom stereocenters. The number of carboxylic acid groups (broad SMARTS) is 1. The van der Waals surface area contributed by atoms with Crippen LogP contribution in [-0.4, -0.2) is 34.5 Å². The van der Waals surface area contributed by atoms with E-state index in [0.29, 0.717) is 0 Å². The van der Waals surface area contributed by atoms with Crippen LogP contribution in [0.4, 0.5) is 4.79 Å². The number of aliphatic carboxylic acids is 1. The van der Waals surface area contributed by atoms with Crippen molar-refractivity contribution in [2.24, 2.45) is 0 Å². The lowest BCUT2D eigenvalue weighted by molar-refractivity contribution is -0.153. The first-order valence-corrected chi connectivity index (χ1v) is 10.2. The molecule has 3 N–H and O–H groups in total. The second-order valence-corrected chi connectivity index (χ2v) is 8.22. The van der Waals surface area contributed by atoms with E-state index in [1.54, 1.807) is 39.8 Å². The largest absolute Gasteiger partial charge is 0.479 e. The van der Waals surface area contributed by atoms with Crippen LogP contribution >= 0.6 is 0 Å². The van der Waals surface area contributed by atoms with Gasteiger partial charge in [-0.2, -0.15) is 0 Å². The van der Waals surface area contributed by atoms with Crippen molar-refractivity contribution in [2.45, 2.75) is 65.1 Å². The van der Waals surface area contributed by atoms with Crippen LogP contribution in [0.5, 0.6) is 0 Å². The fourth-order valence-electron chi connectivity index (χ4n) is 2.99. The standard InChI is InChI=1S/C24H31NO6/c1-16(2)31-21(22(26)27)13-18-6-5-7-19(12-18)14-25-23(28)30-15-17-8-10-20(11-9-17)24(3,4)29/h5-12,16,21,29H,13-15H2,1-4H3,(H,25,28)(H,26,27). The van der Waals surface area contributed by atoms with Gasteiger partial charge in [-0.3, -0.25) is 0 Å². The lowest BCUT2D eigenvalue weighted by atomic mass is 9.97. The van der Waals surface area contributed by atoms with Crippen molar-refractivity contribution in [1.82, 2.24) is 5.32 Å². The van der Waals surface area contributed by atoms with Gasteiger partial charge in [0.1, 0.15) is 6.61 Å². The molecule has 0 fully saturated rings. The number of nitrogens with one attached hydrogen (secondary N) is 1. The second-order valence-electron chi connectivity index (χ2n) is 8.22. The molecule has 0 bridgehead atoms. The van der Waals surface area contributed by atoms with Crippen LogP contribution in [0.1, 0.15) is 49.9 Å². The Bertz CT molecular complexity index is 870. The lowest BCUT2D eigenvalue weighted by Crippen LogP contribution is -2.29. The van der Waals surface area contributed by atoms with E-state index in [1.807, 2.05) is 36.4 Å². The Kier molecular flexibility index (Phi) is 8.59. The van der Waals surface area contributed by atoms with E-state index >= 15 is 0 Å². The number of hydrogen-bond acceptors (Lipinski definition) is 5. The van der Waals surface area contributed by atoms with Crippen LogP contribution in [0.15, 0.2) is 48.5 Å². The highest BCUT2D eigenvalue weighted by atomic mass is 16.5. The summed E-state index contributed by atoms with van der Waals surface area (Å²) in [5.74, 6) is -1.00. The van der Waals surface area contributed by atoms with Crippen molar-refractivity contribution in [3.05, 3.63) is 70.8 Å². The number of hydrogen-bond donors (Lipinski definition) is 3. The molecule has 2 aromatic carbocycles. The first-order chi connectivity index (χ1) is 14.5. The predicted molar refractivity (Wildman–Crippen MR) is 117 cm³/mol. The summed E-state index contributed by atoms with van der Waals surface area (Å²) in [5.41, 5.74) is 2.32. The van der Waals surface area contributed by atoms with Gasteiger partial charge in [-0.15, -0.1) is 0 Å². The fourth-order valence-corrected chi connectivity index (χ4v) is 2.99. The van der Waals surface area contributed by atoms with Gasteiger partial charge in [0.25, 0.3) is 0 Å². The monoisotopic (exact) mass is 429 g/mol. The zero-order chi connectivity index (χ0) is 23.0. The normalized spacial score (nSPS) is 12.5. The molecule has 0 radical (unpaired) electrons. The Morgan fingerprint density at radius 2 is 1.68 bits per heavy atom. The molecule has 0 aliphatic heterocycles. The van der Waals surface area contributed by atoms with Crippen LogP contribution in [0.2, 0.25) is 0 Å². The molecule has 31 heavy (non-hydrogen) atoms. The molecule has 0 aliphatic carbocycles. The summed E-state index contributed by atoms with van der Waals surface area (Å²) < 4.78 is 10.7. The zero-order valence-corrected chi connectivity index (χ0v) is 18.4. The highest BCUT2D eigenvalue weighted by Crippen LogP contribution is 2.20. The van der Waals surface area contributed by atoms with Crippen LogP contribution in [0.3, 0.4) is 0 Å². The summed E-state index contributed by atoms with van der Waals surface area (Å²) in [4.78, 5) is 23.4. The van der Waals surface area contributed by atoms with Gasteiger partial charge in [0.2, 0.25) is 0 Å². The third-order valence-corrected chi connectivity index (χ3v) is 4.59. The Morgan fingerprint density at radius 1 is 1.03 bits per heavy atom. The van der Waals surface area contributed by atoms with Gasteiger partial charge in [0, 0.05) is 13.0 Å². The molecule has 2 rings (SSSR count). The molecule has 1 unspecified atom stereocenters. The molecule has 168 valence electrons. The topological polar surface area (TPSA) is 105 Å². The molecule has 0 saturated carbocycles. The number of amides is 1. The first-order valence-electron chi connectivity index (χ1n) is 10.2. The Morgan fingerprint density at radius 3 is 2.26 bits per heavy atom. The minimum Gasteiger partial charge on any atom is -0.479 e. The number of carbonyl (C=O) groups is 2. The predicted octanol–water partition coefficient (Wildman–Crippen LogP) is 3.76. The molecule has 0 aliphatic rings. The van der Waals surface area contributed by atoms with Crippen molar-refractivity contribution in [1.29, 1.82) is 0 Å². The summed E-state index contributed by atoms with van der Waals surface area (Å²) in [6, 6.07) is 14.6. The van der Waals surface area contributed by atoms with E-state index in [4.69, 9.17) is 9.47 Å². The molecule has 0 saturated heterocycles. The highest BCUT2D eigenvalue weighted by Gasteiger charge is 2.20. The fraction of sp³-hybridized carbons (Fsp3) is 0.417. The van der Waals surface area contributed by atoms with E-state index in [-0.39, 0.29) is 25.7 Å². The van der Waals surface area contributed by atoms with Gasteiger partial charge >= 0.3 is 12.1 Å². The Balaban J connectivity index is 1.85. The minimum atomic E-state index is -1.00. The summed E-state index contributed by atoms with van der Waals surface area (Å²) in [6.07, 6.45) is -1.42. The SMILES string of the molecule is CC(C)OC(Cc1cccc(CNC(=O)OCc2ccc(C(C)(C)O)cc2)c1)C(=O)O. The van der Waals surface area contributed by atoms with Crippen molar-refractivity contribution in [3.8, 4) is 0 Å². The highest BCUT2D eigenvalue weighted by molar-refractivity contribution is 5.72. The summed E-state index contributed by atoms with van der Waals surface area (Å²) >= 11 is 0. The molecule has 7 heteroatoms. The zero-order valence-electron chi connectivity index (χ0n) is 18.4. The van der Waals surface area contributed by atoms with Gasteiger partial charge in [0.05, 0.1) is 11.7 Å². The maximum atomic E-state index is 12.0. The molecule has 1 amide bonds. The molecule has 0 spiro atoms. The van der Waals surface area contributed by atoms with Gasteiger partial charge in [-0.05, 0) is 49.9 Å². The van der Waals surface area contributed by atoms with Gasteiger partial charge < -0.3 is 25.0 Å². The van der Waals surface area contributed by atoms with Crippen LogP contribution in [0, 0.1) is 0 Å². The van der Waals surface area contributed by atoms with Gasteiger partial charge in [-0.25, -0.2) is 9.59 Å². The number of benzene rings is 2. The van der Waals surface area contributed by atoms with E-state index in [0.717, 1.165) is 22.3 Å². The summed E-state index contributed by atoms with van der Waals surface area (Å²) in [7, 11) is 0. The molecular formula is C24H31NO6. The summed E-state index contributed by atoms with van der Waals surface area (Å²) in [5, 5.41) is 22.0. The number of carboxylic acids is 1. The molecule has 0 heterocycles. The lowest BCUT2D eigenvalue weighted by Gasteiger charge is -2.18. The van der Waals surface area contributed by atoms with Crippen molar-refractivity contribution >= 4 is 12.1 Å². The molecule has 7 nitrogen and oxygen atoms in total. The average Bonchev–Trinajstić information content (AvgIpc) is 2.70. The van der Waals surface area contributed by atoms with Crippen LogP contribution in [0.25, 0.3) is 0 Å². The number of ether oxygens (including phenoxy) is 2. The molecule has 0 aromatic heterocycles. The van der Waals surface area contributed by atoms with E-state index in [1.165, 1.54) is 0 Å². The summed E-state index contributed by atoms with van der Waals surface area (Å²) in [6.45, 7) is 7.38. The third-order valence-electron chi connectivity index (χ3n) is 4.59. The number of rotatable bonds is 10. The van der Waals surface area contributed by atoms with Crippen LogP contribution < -0.4 is 5.32 Å². The Hall–Kier alpha value is -2.90. The average molecular weight is 430 g/mol. The van der Waals surface area contributed by atoms with Gasteiger partial charge in [0.15, 0.2) is 6.10 Å². The minimum absolute atomic E-state index is 0.116. The third kappa shape index (κ3) is 8.39.